The van der Waals surface area contributed by atoms with Gasteiger partial charge in [0.2, 0.25) is 11.9 Å². The highest BCUT2D eigenvalue weighted by Gasteiger charge is 2.30. The lowest BCUT2D eigenvalue weighted by molar-refractivity contribution is 0.0601. The molecule has 0 radical (unpaired) electrons. The van der Waals surface area contributed by atoms with E-state index in [4.69, 9.17) is 19.7 Å². The first-order valence-electron chi connectivity index (χ1n) is 11.9. The topological polar surface area (TPSA) is 94.9 Å². The number of ether oxygens (including phenoxy) is 1. The summed E-state index contributed by atoms with van der Waals surface area (Å²) >= 11 is 0. The van der Waals surface area contributed by atoms with E-state index in [-0.39, 0.29) is 12.6 Å². The molecule has 1 fully saturated rings. The molecule has 5 rings (SSSR count). The Morgan fingerprint density at radius 3 is 2.54 bits per heavy atom. The smallest absolute Gasteiger partial charge is 0.337 e. The molecule has 2 aromatic carbocycles. The van der Waals surface area contributed by atoms with E-state index in [9.17, 15) is 9.90 Å². The second-order valence-corrected chi connectivity index (χ2v) is 8.96. The molecule has 1 aromatic heterocycles. The first kappa shape index (κ1) is 23.2. The molecule has 0 amide bonds. The molecule has 0 saturated carbocycles. The van der Waals surface area contributed by atoms with Crippen molar-refractivity contribution >= 4 is 17.9 Å². The van der Waals surface area contributed by atoms with E-state index in [0.29, 0.717) is 35.4 Å². The molecule has 0 aliphatic carbocycles. The maximum atomic E-state index is 12.1. The number of fused-ring (bicyclic) bond motifs is 1. The fraction of sp³-hybridized carbons (Fsp3) is 0.385. The number of aromatic nitrogens is 3. The van der Waals surface area contributed by atoms with Gasteiger partial charge in [-0.1, -0.05) is 36.4 Å². The van der Waals surface area contributed by atoms with Crippen LogP contribution in [0.15, 0.2) is 48.5 Å². The number of methoxy groups -OCH3 is 1. The summed E-state index contributed by atoms with van der Waals surface area (Å²) < 4.78 is 4.90. The number of benzene rings is 2. The van der Waals surface area contributed by atoms with Crippen LogP contribution in [0.1, 0.15) is 27.5 Å². The van der Waals surface area contributed by atoms with Crippen LogP contribution in [0, 0.1) is 0 Å². The molecule has 35 heavy (non-hydrogen) atoms. The van der Waals surface area contributed by atoms with Gasteiger partial charge >= 0.3 is 5.97 Å². The third-order valence-electron chi connectivity index (χ3n) is 6.78. The third-order valence-corrected chi connectivity index (χ3v) is 6.78. The highest BCUT2D eigenvalue weighted by Crippen LogP contribution is 2.33. The second kappa shape index (κ2) is 9.97. The van der Waals surface area contributed by atoms with Gasteiger partial charge in [-0.2, -0.15) is 15.0 Å². The summed E-state index contributed by atoms with van der Waals surface area (Å²) in [5, 5.41) is 10.3. The largest absolute Gasteiger partial charge is 0.465 e. The van der Waals surface area contributed by atoms with Crippen molar-refractivity contribution in [3.8, 4) is 11.4 Å². The molecule has 9 heteroatoms. The highest BCUT2D eigenvalue weighted by molar-refractivity contribution is 5.90. The standard InChI is InChI=1S/C26H30N6O3/c1-30-12-14-31(15-13-30)25-27-23(19-7-5-8-20(16-19)24(34)35-2)28-26(29-25)32-11-10-18-6-3-4-9-21(18)22(32)17-33/h3-9,16,22,33H,10-15,17H2,1-2H3/t22-/m0/s1. The average Bonchev–Trinajstić information content (AvgIpc) is 2.92. The number of esters is 1. The van der Waals surface area contributed by atoms with Crippen LogP contribution in [0.25, 0.3) is 11.4 Å². The SMILES string of the molecule is COC(=O)c1cccc(-c2nc(N3CCN(C)CC3)nc(N3CCc4ccccc4[C@@H]3CO)n2)c1. The number of rotatable bonds is 5. The van der Waals surface area contributed by atoms with Gasteiger partial charge in [0.15, 0.2) is 5.82 Å². The molecular formula is C26H30N6O3. The summed E-state index contributed by atoms with van der Waals surface area (Å²) in [5.74, 6) is 1.22. The number of carbonyl (C=O) groups is 1. The number of hydrogen-bond acceptors (Lipinski definition) is 9. The molecule has 0 spiro atoms. The lowest BCUT2D eigenvalue weighted by Crippen LogP contribution is -2.45. The number of likely N-dealkylation sites (N-methyl/N-ethyl adjacent to an activating group) is 1. The van der Waals surface area contributed by atoms with E-state index in [1.807, 2.05) is 18.2 Å². The summed E-state index contributed by atoms with van der Waals surface area (Å²) in [6.07, 6.45) is 0.843. The molecule has 1 atom stereocenters. The molecule has 2 aliphatic rings. The number of piperazine rings is 1. The lowest BCUT2D eigenvalue weighted by Gasteiger charge is -2.37. The Morgan fingerprint density at radius 2 is 1.77 bits per heavy atom. The Morgan fingerprint density at radius 1 is 1.00 bits per heavy atom. The van der Waals surface area contributed by atoms with E-state index in [2.05, 4.69) is 33.9 Å². The third kappa shape index (κ3) is 4.69. The van der Waals surface area contributed by atoms with Gasteiger partial charge in [0.1, 0.15) is 0 Å². The zero-order valence-electron chi connectivity index (χ0n) is 20.1. The minimum Gasteiger partial charge on any atom is -0.465 e. The normalized spacial score (nSPS) is 18.3. The molecule has 1 saturated heterocycles. The maximum absolute atomic E-state index is 12.1. The van der Waals surface area contributed by atoms with Crippen molar-refractivity contribution in [2.75, 3.05) is 63.3 Å². The van der Waals surface area contributed by atoms with Crippen LogP contribution in [0.3, 0.4) is 0 Å². The Balaban J connectivity index is 1.58. The minimum atomic E-state index is -0.409. The Hall–Kier alpha value is -3.56. The fourth-order valence-corrected chi connectivity index (χ4v) is 4.75. The zero-order chi connectivity index (χ0) is 24.4. The van der Waals surface area contributed by atoms with Crippen LogP contribution >= 0.6 is 0 Å². The molecule has 0 bridgehead atoms. The minimum absolute atomic E-state index is 0.0420. The Kier molecular flexibility index (Phi) is 6.61. The van der Waals surface area contributed by atoms with Gasteiger partial charge in [0, 0.05) is 38.3 Å². The van der Waals surface area contributed by atoms with Gasteiger partial charge < -0.3 is 24.5 Å². The number of aliphatic hydroxyl groups excluding tert-OH is 1. The van der Waals surface area contributed by atoms with Crippen molar-refractivity contribution in [1.82, 2.24) is 19.9 Å². The monoisotopic (exact) mass is 474 g/mol. The van der Waals surface area contributed by atoms with Crippen LogP contribution in [0.5, 0.6) is 0 Å². The number of carbonyl (C=O) groups excluding carboxylic acids is 1. The Labute approximate surface area is 205 Å². The summed E-state index contributed by atoms with van der Waals surface area (Å²) in [6.45, 7) is 4.12. The van der Waals surface area contributed by atoms with Crippen molar-refractivity contribution in [2.24, 2.45) is 0 Å². The Bertz CT molecular complexity index is 1210. The fourth-order valence-electron chi connectivity index (χ4n) is 4.75. The molecule has 9 nitrogen and oxygen atoms in total. The molecule has 1 N–H and O–H groups in total. The van der Waals surface area contributed by atoms with E-state index in [1.165, 1.54) is 12.7 Å². The summed E-state index contributed by atoms with van der Waals surface area (Å²) in [5.41, 5.74) is 3.48. The molecule has 182 valence electrons. The number of aliphatic hydroxyl groups is 1. The molecule has 3 aromatic rings. The summed E-state index contributed by atoms with van der Waals surface area (Å²) in [6, 6.07) is 15.1. The lowest BCUT2D eigenvalue weighted by atomic mass is 9.93. The van der Waals surface area contributed by atoms with E-state index < -0.39 is 5.97 Å². The summed E-state index contributed by atoms with van der Waals surface area (Å²) in [4.78, 5) is 33.2. The van der Waals surface area contributed by atoms with Crippen LogP contribution in [-0.4, -0.2) is 84.4 Å². The molecule has 3 heterocycles. The number of nitrogens with zero attached hydrogens (tertiary/aromatic N) is 6. The second-order valence-electron chi connectivity index (χ2n) is 8.96. The van der Waals surface area contributed by atoms with Crippen LogP contribution < -0.4 is 9.80 Å². The predicted molar refractivity (Wildman–Crippen MR) is 134 cm³/mol. The maximum Gasteiger partial charge on any atom is 0.337 e. The van der Waals surface area contributed by atoms with Gasteiger partial charge in [0.25, 0.3) is 0 Å². The van der Waals surface area contributed by atoms with Crippen LogP contribution in [0.4, 0.5) is 11.9 Å². The zero-order valence-corrected chi connectivity index (χ0v) is 20.1. The van der Waals surface area contributed by atoms with Crippen molar-refractivity contribution in [3.05, 3.63) is 65.2 Å². The van der Waals surface area contributed by atoms with E-state index in [1.54, 1.807) is 18.2 Å². The van der Waals surface area contributed by atoms with Crippen molar-refractivity contribution in [1.29, 1.82) is 0 Å². The highest BCUT2D eigenvalue weighted by atomic mass is 16.5. The quantitative estimate of drug-likeness (QED) is 0.558. The molecular weight excluding hydrogens is 444 g/mol. The van der Waals surface area contributed by atoms with Gasteiger partial charge in [-0.3, -0.25) is 0 Å². The predicted octanol–water partition coefficient (Wildman–Crippen LogP) is 2.17. The van der Waals surface area contributed by atoms with Crippen LogP contribution in [0.2, 0.25) is 0 Å². The van der Waals surface area contributed by atoms with Gasteiger partial charge in [-0.05, 0) is 36.7 Å². The first-order valence-corrected chi connectivity index (χ1v) is 11.9. The van der Waals surface area contributed by atoms with Crippen molar-refractivity contribution in [2.45, 2.75) is 12.5 Å². The first-order chi connectivity index (χ1) is 17.1. The van der Waals surface area contributed by atoms with Gasteiger partial charge in [-0.25, -0.2) is 4.79 Å². The number of anilines is 2. The molecule has 2 aliphatic heterocycles. The van der Waals surface area contributed by atoms with Crippen molar-refractivity contribution in [3.63, 3.8) is 0 Å². The van der Waals surface area contributed by atoms with Crippen LogP contribution in [-0.2, 0) is 11.2 Å². The van der Waals surface area contributed by atoms with E-state index in [0.717, 1.165) is 38.2 Å². The number of hydrogen-bond donors (Lipinski definition) is 1. The summed E-state index contributed by atoms with van der Waals surface area (Å²) in [7, 11) is 3.47. The molecule has 0 unspecified atom stereocenters. The van der Waals surface area contributed by atoms with E-state index >= 15 is 0 Å². The van der Waals surface area contributed by atoms with Gasteiger partial charge in [0.05, 0.1) is 25.3 Å². The van der Waals surface area contributed by atoms with Gasteiger partial charge in [-0.15, -0.1) is 0 Å². The van der Waals surface area contributed by atoms with Crippen molar-refractivity contribution < 1.29 is 14.6 Å². The average molecular weight is 475 g/mol.